The van der Waals surface area contributed by atoms with Crippen molar-refractivity contribution in [3.8, 4) is 0 Å². The molecule has 0 aliphatic heterocycles. The number of alkyl halides is 2. The van der Waals surface area contributed by atoms with Gasteiger partial charge in [-0.3, -0.25) is 4.79 Å². The highest BCUT2D eigenvalue weighted by atomic mass is 19.3. The van der Waals surface area contributed by atoms with Crippen molar-refractivity contribution >= 4 is 11.6 Å². The molecule has 1 aliphatic carbocycles. The van der Waals surface area contributed by atoms with E-state index in [1.54, 1.807) is 0 Å². The Morgan fingerprint density at radius 2 is 1.74 bits per heavy atom. The van der Waals surface area contributed by atoms with Crippen molar-refractivity contribution in [2.45, 2.75) is 24.8 Å². The molecule has 0 aromatic heterocycles. The first kappa shape index (κ1) is 15.6. The van der Waals surface area contributed by atoms with E-state index < -0.39 is 29.3 Å². The van der Waals surface area contributed by atoms with Crippen LogP contribution < -0.4 is 11.1 Å². The number of anilines is 1. The minimum absolute atomic E-state index is 0.104. The number of halogens is 3. The van der Waals surface area contributed by atoms with Crippen LogP contribution in [-0.4, -0.2) is 11.4 Å². The highest BCUT2D eigenvalue weighted by molar-refractivity contribution is 5.99. The van der Waals surface area contributed by atoms with Gasteiger partial charge in [0.1, 0.15) is 11.4 Å². The second kappa shape index (κ2) is 5.70. The standard InChI is InChI=1S/C17H15F3N2O/c18-14-6-5-12(7-13(14)15(19)20)22-16(23)17(21)8-10-3-1-2-4-11(10)9-17/h1-7,15H,8-9,21H2,(H,22,23). The molecule has 6 heteroatoms. The molecule has 0 saturated carbocycles. The molecule has 2 aromatic rings. The fourth-order valence-corrected chi connectivity index (χ4v) is 2.85. The number of nitrogens with one attached hydrogen (secondary N) is 1. The van der Waals surface area contributed by atoms with E-state index in [1.165, 1.54) is 6.07 Å². The van der Waals surface area contributed by atoms with Crippen LogP contribution in [0.3, 0.4) is 0 Å². The molecule has 0 unspecified atom stereocenters. The Kier molecular flexibility index (Phi) is 3.85. The summed E-state index contributed by atoms with van der Waals surface area (Å²) in [5.74, 6) is -1.48. The van der Waals surface area contributed by atoms with Crippen LogP contribution >= 0.6 is 0 Å². The first-order valence-corrected chi connectivity index (χ1v) is 7.14. The lowest BCUT2D eigenvalue weighted by atomic mass is 9.96. The lowest BCUT2D eigenvalue weighted by molar-refractivity contribution is -0.120. The van der Waals surface area contributed by atoms with Gasteiger partial charge in [0, 0.05) is 5.69 Å². The predicted octanol–water partition coefficient (Wildman–Crippen LogP) is 3.20. The highest BCUT2D eigenvalue weighted by Gasteiger charge is 2.40. The number of carbonyl (C=O) groups is 1. The maximum absolute atomic E-state index is 13.3. The van der Waals surface area contributed by atoms with Gasteiger partial charge in [-0.15, -0.1) is 0 Å². The predicted molar refractivity (Wildman–Crippen MR) is 80.8 cm³/mol. The average molecular weight is 320 g/mol. The van der Waals surface area contributed by atoms with Gasteiger partial charge < -0.3 is 11.1 Å². The summed E-state index contributed by atoms with van der Waals surface area (Å²) in [6.45, 7) is 0. The molecule has 0 saturated heterocycles. The molecule has 120 valence electrons. The molecule has 2 aromatic carbocycles. The lowest BCUT2D eigenvalue weighted by Crippen LogP contribution is -2.52. The molecule has 3 nitrogen and oxygen atoms in total. The molecule has 0 heterocycles. The summed E-state index contributed by atoms with van der Waals surface area (Å²) in [6.07, 6.45) is -2.20. The van der Waals surface area contributed by atoms with Crippen LogP contribution in [0.4, 0.5) is 18.9 Å². The van der Waals surface area contributed by atoms with Crippen LogP contribution in [0.25, 0.3) is 0 Å². The van der Waals surface area contributed by atoms with Gasteiger partial charge in [-0.05, 0) is 42.2 Å². The Balaban J connectivity index is 1.79. The summed E-state index contributed by atoms with van der Waals surface area (Å²) in [6, 6.07) is 10.6. The van der Waals surface area contributed by atoms with Crippen molar-refractivity contribution in [3.63, 3.8) is 0 Å². The Morgan fingerprint density at radius 3 is 2.30 bits per heavy atom. The average Bonchev–Trinajstić information content (AvgIpc) is 2.86. The number of hydrogen-bond donors (Lipinski definition) is 2. The molecule has 3 rings (SSSR count). The second-order valence-corrected chi connectivity index (χ2v) is 5.77. The largest absolute Gasteiger partial charge is 0.324 e. The van der Waals surface area contributed by atoms with Crippen molar-refractivity contribution < 1.29 is 18.0 Å². The third kappa shape index (κ3) is 2.94. The summed E-state index contributed by atoms with van der Waals surface area (Å²) in [5, 5.41) is 2.52. The van der Waals surface area contributed by atoms with Crippen molar-refractivity contribution in [2.24, 2.45) is 5.73 Å². The molecule has 0 radical (unpaired) electrons. The first-order chi connectivity index (χ1) is 10.9. The summed E-state index contributed by atoms with van der Waals surface area (Å²) in [7, 11) is 0. The van der Waals surface area contributed by atoms with Gasteiger partial charge in [-0.2, -0.15) is 0 Å². The van der Waals surface area contributed by atoms with Crippen LogP contribution in [0.2, 0.25) is 0 Å². The second-order valence-electron chi connectivity index (χ2n) is 5.77. The Hall–Kier alpha value is -2.34. The third-order valence-electron chi connectivity index (χ3n) is 4.07. The Morgan fingerprint density at radius 1 is 1.13 bits per heavy atom. The van der Waals surface area contributed by atoms with Gasteiger partial charge in [0.05, 0.1) is 5.56 Å². The zero-order chi connectivity index (χ0) is 16.6. The molecule has 0 atom stereocenters. The van der Waals surface area contributed by atoms with Gasteiger partial charge in [0.15, 0.2) is 0 Å². The van der Waals surface area contributed by atoms with Crippen molar-refractivity contribution in [2.75, 3.05) is 5.32 Å². The smallest absolute Gasteiger partial charge is 0.266 e. The number of rotatable bonds is 3. The van der Waals surface area contributed by atoms with E-state index in [1.807, 2.05) is 24.3 Å². The van der Waals surface area contributed by atoms with Gasteiger partial charge in [-0.1, -0.05) is 24.3 Å². The Labute approximate surface area is 131 Å². The molecule has 3 N–H and O–H groups in total. The van der Waals surface area contributed by atoms with Crippen molar-refractivity contribution in [1.82, 2.24) is 0 Å². The van der Waals surface area contributed by atoms with E-state index in [-0.39, 0.29) is 5.69 Å². The molecule has 0 spiro atoms. The highest BCUT2D eigenvalue weighted by Crippen LogP contribution is 2.30. The minimum atomic E-state index is -2.95. The zero-order valence-corrected chi connectivity index (χ0v) is 12.2. The lowest BCUT2D eigenvalue weighted by Gasteiger charge is -2.22. The third-order valence-corrected chi connectivity index (χ3v) is 4.07. The molecule has 23 heavy (non-hydrogen) atoms. The number of hydrogen-bond acceptors (Lipinski definition) is 2. The maximum atomic E-state index is 13.3. The van der Waals surface area contributed by atoms with E-state index in [0.29, 0.717) is 12.8 Å². The van der Waals surface area contributed by atoms with Crippen LogP contribution in [-0.2, 0) is 17.6 Å². The number of carbonyl (C=O) groups excluding carboxylic acids is 1. The molecular weight excluding hydrogens is 305 g/mol. The summed E-state index contributed by atoms with van der Waals surface area (Å²) >= 11 is 0. The van der Waals surface area contributed by atoms with Gasteiger partial charge in [0.2, 0.25) is 5.91 Å². The first-order valence-electron chi connectivity index (χ1n) is 7.14. The van der Waals surface area contributed by atoms with Crippen LogP contribution in [0.1, 0.15) is 23.1 Å². The number of nitrogens with two attached hydrogens (primary N) is 1. The summed E-state index contributed by atoms with van der Waals surface area (Å²) in [4.78, 5) is 12.5. The van der Waals surface area contributed by atoms with Crippen molar-refractivity contribution in [3.05, 3.63) is 65.0 Å². The maximum Gasteiger partial charge on any atom is 0.266 e. The van der Waals surface area contributed by atoms with Crippen LogP contribution in [0, 0.1) is 5.82 Å². The molecule has 1 amide bonds. The molecule has 0 fully saturated rings. The van der Waals surface area contributed by atoms with Gasteiger partial charge in [-0.25, -0.2) is 13.2 Å². The number of fused-ring (bicyclic) bond motifs is 1. The fourth-order valence-electron chi connectivity index (χ4n) is 2.85. The Bertz CT molecular complexity index is 736. The SMILES string of the molecule is NC1(C(=O)Nc2ccc(F)c(C(F)F)c2)Cc2ccccc2C1. The van der Waals surface area contributed by atoms with E-state index in [9.17, 15) is 18.0 Å². The minimum Gasteiger partial charge on any atom is -0.324 e. The topological polar surface area (TPSA) is 55.1 Å². The van der Waals surface area contributed by atoms with Crippen LogP contribution in [0.15, 0.2) is 42.5 Å². The fraction of sp³-hybridized carbons (Fsp3) is 0.235. The zero-order valence-electron chi connectivity index (χ0n) is 12.2. The number of benzene rings is 2. The van der Waals surface area contributed by atoms with E-state index >= 15 is 0 Å². The van der Waals surface area contributed by atoms with E-state index in [2.05, 4.69) is 5.32 Å². The van der Waals surface area contributed by atoms with E-state index in [4.69, 9.17) is 5.73 Å². The molecular formula is C17H15F3N2O. The van der Waals surface area contributed by atoms with E-state index in [0.717, 1.165) is 23.3 Å². The molecule has 1 aliphatic rings. The van der Waals surface area contributed by atoms with Crippen LogP contribution in [0.5, 0.6) is 0 Å². The molecule has 0 bridgehead atoms. The summed E-state index contributed by atoms with van der Waals surface area (Å²) < 4.78 is 38.7. The monoisotopic (exact) mass is 320 g/mol. The van der Waals surface area contributed by atoms with Gasteiger partial charge in [0.25, 0.3) is 6.43 Å². The number of amides is 1. The van der Waals surface area contributed by atoms with Crippen molar-refractivity contribution in [1.29, 1.82) is 0 Å². The normalized spacial score (nSPS) is 15.5. The van der Waals surface area contributed by atoms with Gasteiger partial charge >= 0.3 is 0 Å². The quantitative estimate of drug-likeness (QED) is 0.912. The summed E-state index contributed by atoms with van der Waals surface area (Å²) in [5.41, 5.74) is 6.41.